The van der Waals surface area contributed by atoms with Gasteiger partial charge in [-0.2, -0.15) is 0 Å². The Balaban J connectivity index is 1.92. The maximum absolute atomic E-state index is 12.1. The highest BCUT2D eigenvalue weighted by Crippen LogP contribution is 2.37. The average Bonchev–Trinajstić information content (AvgIpc) is 2.75. The predicted octanol–water partition coefficient (Wildman–Crippen LogP) is 3.64. The van der Waals surface area contributed by atoms with Crippen LogP contribution in [0.4, 0.5) is 0 Å². The predicted molar refractivity (Wildman–Crippen MR) is 78.2 cm³/mol. The zero-order valence-electron chi connectivity index (χ0n) is 11.8. The second kappa shape index (κ2) is 6.68. The SMILES string of the molecule is CC(C)[C@@H]1CC[C@H](C)CC1OC(=O)[C@@H]1OCC(Cl)S1. The van der Waals surface area contributed by atoms with Crippen LogP contribution in [0.5, 0.6) is 0 Å². The summed E-state index contributed by atoms with van der Waals surface area (Å²) in [4.78, 5) is 12.1. The molecule has 0 aromatic heterocycles. The quantitative estimate of drug-likeness (QED) is 0.589. The molecular formula is C14H23ClO3S. The molecule has 0 amide bonds. The molecule has 2 unspecified atom stereocenters. The maximum atomic E-state index is 12.1. The van der Waals surface area contributed by atoms with Gasteiger partial charge in [0.15, 0.2) is 0 Å². The highest BCUT2D eigenvalue weighted by atomic mass is 35.5. The minimum Gasteiger partial charge on any atom is -0.459 e. The number of hydrogen-bond donors (Lipinski definition) is 0. The van der Waals surface area contributed by atoms with Crippen molar-refractivity contribution in [1.29, 1.82) is 0 Å². The normalized spacial score (nSPS) is 39.5. The van der Waals surface area contributed by atoms with E-state index in [1.807, 2.05) is 0 Å². The van der Waals surface area contributed by atoms with Crippen LogP contribution in [-0.4, -0.2) is 28.8 Å². The smallest absolute Gasteiger partial charge is 0.346 e. The van der Waals surface area contributed by atoms with E-state index in [9.17, 15) is 4.79 Å². The lowest BCUT2D eigenvalue weighted by molar-refractivity contribution is -0.162. The standard InChI is InChI=1S/C14H23ClO3S/c1-8(2)10-5-4-9(3)6-11(10)18-13(16)14-17-7-12(15)19-14/h8-12,14H,4-7H2,1-3H3/t9-,10-,11?,12?,14+/m0/s1. The number of thioether (sulfide) groups is 1. The topological polar surface area (TPSA) is 35.5 Å². The van der Waals surface area contributed by atoms with Gasteiger partial charge in [0.1, 0.15) is 10.8 Å². The third kappa shape index (κ3) is 4.02. The van der Waals surface area contributed by atoms with Crippen LogP contribution in [0.1, 0.15) is 40.0 Å². The van der Waals surface area contributed by atoms with Crippen molar-refractivity contribution in [1.82, 2.24) is 0 Å². The van der Waals surface area contributed by atoms with Gasteiger partial charge in [-0.25, -0.2) is 4.79 Å². The van der Waals surface area contributed by atoms with E-state index in [2.05, 4.69) is 20.8 Å². The summed E-state index contributed by atoms with van der Waals surface area (Å²) in [6, 6.07) is 0. The largest absolute Gasteiger partial charge is 0.459 e. The monoisotopic (exact) mass is 306 g/mol. The van der Waals surface area contributed by atoms with Crippen molar-refractivity contribution in [2.24, 2.45) is 17.8 Å². The molecule has 110 valence electrons. The van der Waals surface area contributed by atoms with E-state index < -0.39 is 5.44 Å². The first-order valence-electron chi connectivity index (χ1n) is 7.09. The lowest BCUT2D eigenvalue weighted by Gasteiger charge is -2.37. The molecule has 5 atom stereocenters. The lowest BCUT2D eigenvalue weighted by Crippen LogP contribution is -2.37. The maximum Gasteiger partial charge on any atom is 0.346 e. The molecule has 19 heavy (non-hydrogen) atoms. The Kier molecular flexibility index (Phi) is 5.44. The van der Waals surface area contributed by atoms with Crippen molar-refractivity contribution in [3.05, 3.63) is 0 Å². The second-order valence-corrected chi connectivity index (χ2v) is 8.07. The fourth-order valence-corrected chi connectivity index (χ4v) is 4.06. The first kappa shape index (κ1) is 15.5. The van der Waals surface area contributed by atoms with Crippen molar-refractivity contribution >= 4 is 29.3 Å². The van der Waals surface area contributed by atoms with Crippen molar-refractivity contribution in [3.63, 3.8) is 0 Å². The molecule has 1 heterocycles. The number of carbonyl (C=O) groups excluding carboxylic acids is 1. The molecule has 0 aromatic carbocycles. The number of halogens is 1. The summed E-state index contributed by atoms with van der Waals surface area (Å²) in [5.41, 5.74) is -0.535. The van der Waals surface area contributed by atoms with Crippen molar-refractivity contribution < 1.29 is 14.3 Å². The number of alkyl halides is 1. The molecule has 2 fully saturated rings. The molecule has 0 aromatic rings. The van der Waals surface area contributed by atoms with Crippen LogP contribution in [0.2, 0.25) is 0 Å². The summed E-state index contributed by atoms with van der Waals surface area (Å²) in [5, 5.41) is 0. The molecule has 1 saturated carbocycles. The summed E-state index contributed by atoms with van der Waals surface area (Å²) in [7, 11) is 0. The molecule has 5 heteroatoms. The number of hydrogen-bond acceptors (Lipinski definition) is 4. The van der Waals surface area contributed by atoms with Gasteiger partial charge in [0.2, 0.25) is 5.44 Å². The van der Waals surface area contributed by atoms with Gasteiger partial charge in [-0.3, -0.25) is 0 Å². The number of rotatable bonds is 3. The highest BCUT2D eigenvalue weighted by molar-refractivity contribution is 8.02. The first-order chi connectivity index (χ1) is 8.97. The van der Waals surface area contributed by atoms with Crippen molar-refractivity contribution in [2.45, 2.75) is 56.3 Å². The van der Waals surface area contributed by atoms with Gasteiger partial charge in [-0.05, 0) is 30.6 Å². The zero-order chi connectivity index (χ0) is 14.0. The molecule has 0 spiro atoms. The molecule has 0 bridgehead atoms. The Morgan fingerprint density at radius 2 is 2.16 bits per heavy atom. The third-order valence-electron chi connectivity index (χ3n) is 4.07. The first-order valence-corrected chi connectivity index (χ1v) is 8.47. The van der Waals surface area contributed by atoms with E-state index in [-0.39, 0.29) is 16.8 Å². The van der Waals surface area contributed by atoms with Gasteiger partial charge in [-0.15, -0.1) is 11.6 Å². The number of ether oxygens (including phenoxy) is 2. The van der Waals surface area contributed by atoms with Gasteiger partial charge >= 0.3 is 5.97 Å². The highest BCUT2D eigenvalue weighted by Gasteiger charge is 2.37. The Morgan fingerprint density at radius 3 is 2.74 bits per heavy atom. The Labute approximate surface area is 124 Å². The van der Waals surface area contributed by atoms with Gasteiger partial charge in [0.25, 0.3) is 0 Å². The Morgan fingerprint density at radius 1 is 1.42 bits per heavy atom. The molecule has 2 rings (SSSR count). The fourth-order valence-electron chi connectivity index (χ4n) is 2.95. The van der Waals surface area contributed by atoms with Gasteiger partial charge in [0, 0.05) is 0 Å². The van der Waals surface area contributed by atoms with Crippen LogP contribution < -0.4 is 0 Å². The summed E-state index contributed by atoms with van der Waals surface area (Å²) < 4.78 is 10.9. The van der Waals surface area contributed by atoms with E-state index in [0.717, 1.165) is 12.8 Å². The zero-order valence-corrected chi connectivity index (χ0v) is 13.4. The molecule has 0 N–H and O–H groups in total. The molecule has 1 aliphatic heterocycles. The summed E-state index contributed by atoms with van der Waals surface area (Å²) in [6.45, 7) is 7.06. The molecule has 1 saturated heterocycles. The second-order valence-electron chi connectivity index (χ2n) is 6.01. The Hall–Kier alpha value is 0.0700. The van der Waals surface area contributed by atoms with Crippen LogP contribution in [0.3, 0.4) is 0 Å². The molecule has 2 aliphatic rings. The van der Waals surface area contributed by atoms with E-state index in [0.29, 0.717) is 24.4 Å². The molecule has 1 aliphatic carbocycles. The van der Waals surface area contributed by atoms with E-state index in [4.69, 9.17) is 21.1 Å². The average molecular weight is 307 g/mol. The van der Waals surface area contributed by atoms with Crippen LogP contribution in [0, 0.1) is 17.8 Å². The van der Waals surface area contributed by atoms with Crippen molar-refractivity contribution in [3.8, 4) is 0 Å². The third-order valence-corrected chi connectivity index (χ3v) is 5.51. The summed E-state index contributed by atoms with van der Waals surface area (Å²) in [6.07, 6.45) is 3.38. The molecular weight excluding hydrogens is 284 g/mol. The van der Waals surface area contributed by atoms with Gasteiger partial charge < -0.3 is 9.47 Å². The Bertz CT molecular complexity index is 324. The minimum atomic E-state index is -0.535. The molecule has 3 nitrogen and oxygen atoms in total. The van der Waals surface area contributed by atoms with Gasteiger partial charge in [0.05, 0.1) is 6.61 Å². The van der Waals surface area contributed by atoms with E-state index in [1.54, 1.807) is 0 Å². The minimum absolute atomic E-state index is 0.0369. The fraction of sp³-hybridized carbons (Fsp3) is 0.929. The van der Waals surface area contributed by atoms with Crippen molar-refractivity contribution in [2.75, 3.05) is 6.61 Å². The van der Waals surface area contributed by atoms with E-state index in [1.165, 1.54) is 18.2 Å². The van der Waals surface area contributed by atoms with Crippen LogP contribution >= 0.6 is 23.4 Å². The van der Waals surface area contributed by atoms with Crippen LogP contribution in [-0.2, 0) is 14.3 Å². The lowest BCUT2D eigenvalue weighted by atomic mass is 9.75. The number of carbonyl (C=O) groups is 1. The number of esters is 1. The molecule has 0 radical (unpaired) electrons. The van der Waals surface area contributed by atoms with Crippen LogP contribution in [0.25, 0.3) is 0 Å². The van der Waals surface area contributed by atoms with Gasteiger partial charge in [-0.1, -0.05) is 39.0 Å². The van der Waals surface area contributed by atoms with E-state index >= 15 is 0 Å². The summed E-state index contributed by atoms with van der Waals surface area (Å²) in [5.74, 6) is 1.39. The van der Waals surface area contributed by atoms with Crippen LogP contribution in [0.15, 0.2) is 0 Å². The summed E-state index contributed by atoms with van der Waals surface area (Å²) >= 11 is 7.27.